The van der Waals surface area contributed by atoms with Gasteiger partial charge in [-0.1, -0.05) is 6.92 Å². The minimum Gasteiger partial charge on any atom is -0.357 e. The summed E-state index contributed by atoms with van der Waals surface area (Å²) in [5.41, 5.74) is 0. The van der Waals surface area contributed by atoms with Crippen LogP contribution in [0.25, 0.3) is 0 Å². The highest BCUT2D eigenvalue weighted by molar-refractivity contribution is 5.79. The van der Waals surface area contributed by atoms with Gasteiger partial charge in [0.25, 0.3) is 0 Å². The number of rotatable bonds is 10. The molecule has 0 atom stereocenters. The molecule has 0 aliphatic carbocycles. The Balaban J connectivity index is 1.57. The van der Waals surface area contributed by atoms with Crippen LogP contribution in [0.1, 0.15) is 26.7 Å². The zero-order valence-corrected chi connectivity index (χ0v) is 16.1. The summed E-state index contributed by atoms with van der Waals surface area (Å²) in [4.78, 5) is 9.82. The first kappa shape index (κ1) is 19.8. The van der Waals surface area contributed by atoms with Crippen molar-refractivity contribution in [1.29, 1.82) is 0 Å². The van der Waals surface area contributed by atoms with E-state index < -0.39 is 0 Å². The van der Waals surface area contributed by atoms with Crippen molar-refractivity contribution in [1.82, 2.24) is 25.0 Å². The molecule has 6 heteroatoms. The summed E-state index contributed by atoms with van der Waals surface area (Å²) in [6.07, 6.45) is 6.57. The van der Waals surface area contributed by atoms with E-state index in [1.807, 2.05) is 0 Å². The number of piperazine rings is 1. The van der Waals surface area contributed by atoms with E-state index >= 15 is 0 Å². The maximum atomic E-state index is 4.70. The van der Waals surface area contributed by atoms with E-state index in [0.29, 0.717) is 0 Å². The van der Waals surface area contributed by atoms with E-state index in [2.05, 4.69) is 63.4 Å². The Morgan fingerprint density at radius 3 is 2.32 bits per heavy atom. The minimum absolute atomic E-state index is 0.891. The summed E-state index contributed by atoms with van der Waals surface area (Å²) in [6.45, 7) is 15.3. The number of likely N-dealkylation sites (N-methyl/N-ethyl adjacent to an activating group) is 1. The lowest BCUT2D eigenvalue weighted by atomic mass is 10.2. The molecule has 0 radical (unpaired) electrons. The molecule has 0 unspecified atom stereocenters. The number of hydrogen-bond donors (Lipinski definition) is 2. The highest BCUT2D eigenvalue weighted by Gasteiger charge is 2.14. The molecule has 25 heavy (non-hydrogen) atoms. The highest BCUT2D eigenvalue weighted by Crippen LogP contribution is 2.03. The summed E-state index contributed by atoms with van der Waals surface area (Å²) in [7, 11) is 0. The number of aliphatic imine (C=N–C) groups is 1. The maximum Gasteiger partial charge on any atom is 0.191 e. The van der Waals surface area contributed by atoms with Gasteiger partial charge in [0.1, 0.15) is 0 Å². The second-order valence-electron chi connectivity index (χ2n) is 6.59. The van der Waals surface area contributed by atoms with Gasteiger partial charge in [-0.2, -0.15) is 0 Å². The largest absolute Gasteiger partial charge is 0.357 e. The molecule has 2 N–H and O–H groups in total. The average molecular weight is 349 g/mol. The normalized spacial score (nSPS) is 17.0. The molecular formula is C19H36N6. The Kier molecular flexibility index (Phi) is 9.44. The van der Waals surface area contributed by atoms with Crippen LogP contribution in [0.3, 0.4) is 0 Å². The Labute approximate surface area is 153 Å². The average Bonchev–Trinajstić information content (AvgIpc) is 3.15. The van der Waals surface area contributed by atoms with Gasteiger partial charge in [0.15, 0.2) is 5.96 Å². The summed E-state index contributed by atoms with van der Waals surface area (Å²) in [6, 6.07) is 4.11. The first-order valence-corrected chi connectivity index (χ1v) is 9.89. The SMILES string of the molecule is CCNC(=NCCCCN1CCN(CC)CC1)NCCn1cccc1. The van der Waals surface area contributed by atoms with Crippen LogP contribution in [0.5, 0.6) is 0 Å². The molecule has 142 valence electrons. The van der Waals surface area contributed by atoms with Crippen molar-refractivity contribution in [3.63, 3.8) is 0 Å². The Hall–Kier alpha value is -1.53. The van der Waals surface area contributed by atoms with Crippen LogP contribution in [-0.2, 0) is 6.54 Å². The van der Waals surface area contributed by atoms with Crippen LogP contribution in [0.2, 0.25) is 0 Å². The molecule has 0 bridgehead atoms. The fourth-order valence-electron chi connectivity index (χ4n) is 3.13. The molecule has 2 heterocycles. The van der Waals surface area contributed by atoms with Gasteiger partial charge in [-0.05, 0) is 45.0 Å². The van der Waals surface area contributed by atoms with Crippen LogP contribution in [0.4, 0.5) is 0 Å². The van der Waals surface area contributed by atoms with E-state index in [1.165, 1.54) is 45.7 Å². The molecule has 2 rings (SSSR count). The topological polar surface area (TPSA) is 47.8 Å². The zero-order chi connectivity index (χ0) is 17.7. The Morgan fingerprint density at radius 1 is 0.920 bits per heavy atom. The van der Waals surface area contributed by atoms with E-state index in [9.17, 15) is 0 Å². The fraction of sp³-hybridized carbons (Fsp3) is 0.737. The predicted octanol–water partition coefficient (Wildman–Crippen LogP) is 1.46. The number of nitrogens with zero attached hydrogens (tertiary/aromatic N) is 4. The van der Waals surface area contributed by atoms with Crippen LogP contribution in [0.15, 0.2) is 29.5 Å². The monoisotopic (exact) mass is 348 g/mol. The van der Waals surface area contributed by atoms with Crippen molar-refractivity contribution in [2.24, 2.45) is 4.99 Å². The van der Waals surface area contributed by atoms with Crippen LogP contribution in [-0.4, -0.2) is 79.2 Å². The van der Waals surface area contributed by atoms with E-state index in [-0.39, 0.29) is 0 Å². The minimum atomic E-state index is 0.891. The van der Waals surface area contributed by atoms with Gasteiger partial charge >= 0.3 is 0 Å². The molecule has 1 saturated heterocycles. The van der Waals surface area contributed by atoms with Gasteiger partial charge in [-0.25, -0.2) is 0 Å². The third kappa shape index (κ3) is 7.92. The molecule has 1 fully saturated rings. The number of hydrogen-bond acceptors (Lipinski definition) is 3. The van der Waals surface area contributed by atoms with Crippen molar-refractivity contribution in [3.8, 4) is 0 Å². The molecule has 0 amide bonds. The smallest absolute Gasteiger partial charge is 0.191 e. The van der Waals surface area contributed by atoms with Crippen LogP contribution >= 0.6 is 0 Å². The van der Waals surface area contributed by atoms with Gasteiger partial charge in [-0.3, -0.25) is 4.99 Å². The van der Waals surface area contributed by atoms with Crippen molar-refractivity contribution in [2.75, 3.05) is 58.9 Å². The molecule has 1 aromatic heterocycles. The van der Waals surface area contributed by atoms with Crippen molar-refractivity contribution in [2.45, 2.75) is 33.2 Å². The van der Waals surface area contributed by atoms with Gasteiger partial charge in [0.2, 0.25) is 0 Å². The molecule has 1 aromatic rings. The molecule has 0 spiro atoms. The highest BCUT2D eigenvalue weighted by atomic mass is 15.3. The maximum absolute atomic E-state index is 4.70. The molecular weight excluding hydrogens is 312 g/mol. The summed E-state index contributed by atoms with van der Waals surface area (Å²) in [5, 5.41) is 6.74. The standard InChI is InChI=1S/C19H36N6/c1-3-20-19(22-10-14-24-12-7-8-13-24)21-9-5-6-11-25-17-15-23(4-2)16-18-25/h7-8,12-13H,3-6,9-11,14-18H2,1-2H3,(H2,20,21,22). The predicted molar refractivity (Wildman–Crippen MR) is 106 cm³/mol. The lowest BCUT2D eigenvalue weighted by Crippen LogP contribution is -2.46. The van der Waals surface area contributed by atoms with Crippen molar-refractivity contribution in [3.05, 3.63) is 24.5 Å². The number of guanidine groups is 1. The van der Waals surface area contributed by atoms with E-state index in [1.54, 1.807) is 0 Å². The number of unbranched alkanes of at least 4 members (excludes halogenated alkanes) is 1. The summed E-state index contributed by atoms with van der Waals surface area (Å²) in [5.74, 6) is 0.936. The molecule has 1 aliphatic heterocycles. The molecule has 0 saturated carbocycles. The lowest BCUT2D eigenvalue weighted by Gasteiger charge is -2.33. The van der Waals surface area contributed by atoms with Crippen molar-refractivity contribution >= 4 is 5.96 Å². The summed E-state index contributed by atoms with van der Waals surface area (Å²) < 4.78 is 2.18. The Bertz CT molecular complexity index is 462. The first-order valence-electron chi connectivity index (χ1n) is 9.89. The number of aromatic nitrogens is 1. The summed E-state index contributed by atoms with van der Waals surface area (Å²) >= 11 is 0. The fourth-order valence-corrected chi connectivity index (χ4v) is 3.13. The lowest BCUT2D eigenvalue weighted by molar-refractivity contribution is 0.136. The second-order valence-corrected chi connectivity index (χ2v) is 6.59. The van der Waals surface area contributed by atoms with Crippen molar-refractivity contribution < 1.29 is 0 Å². The third-order valence-corrected chi connectivity index (χ3v) is 4.74. The van der Waals surface area contributed by atoms with Gasteiger partial charge in [-0.15, -0.1) is 0 Å². The van der Waals surface area contributed by atoms with Gasteiger partial charge in [0.05, 0.1) is 0 Å². The molecule has 0 aromatic carbocycles. The van der Waals surface area contributed by atoms with Crippen LogP contribution in [0, 0.1) is 0 Å². The number of nitrogens with one attached hydrogen (secondary N) is 2. The molecule has 6 nitrogen and oxygen atoms in total. The van der Waals surface area contributed by atoms with Gasteiger partial charge < -0.3 is 25.0 Å². The third-order valence-electron chi connectivity index (χ3n) is 4.74. The first-order chi connectivity index (χ1) is 12.3. The zero-order valence-electron chi connectivity index (χ0n) is 16.1. The molecule has 1 aliphatic rings. The second kappa shape index (κ2) is 11.9. The van der Waals surface area contributed by atoms with E-state index in [4.69, 9.17) is 4.99 Å². The quantitative estimate of drug-likeness (QED) is 0.382. The van der Waals surface area contributed by atoms with E-state index in [0.717, 1.165) is 38.6 Å². The van der Waals surface area contributed by atoms with Gasteiger partial charge in [0, 0.05) is 64.8 Å². The van der Waals surface area contributed by atoms with Crippen LogP contribution < -0.4 is 10.6 Å². The Morgan fingerprint density at radius 2 is 1.64 bits per heavy atom.